The molecule has 5 atom stereocenters. The summed E-state index contributed by atoms with van der Waals surface area (Å²) in [5.41, 5.74) is -0.981. The lowest BCUT2D eigenvalue weighted by Crippen LogP contribution is -2.35. The first kappa shape index (κ1) is 30.5. The summed E-state index contributed by atoms with van der Waals surface area (Å²) in [6, 6.07) is 8.45. The van der Waals surface area contributed by atoms with Gasteiger partial charge in [-0.15, -0.1) is 0 Å². The molecule has 1 aliphatic carbocycles. The van der Waals surface area contributed by atoms with E-state index in [0.717, 1.165) is 43.5 Å². The summed E-state index contributed by atoms with van der Waals surface area (Å²) < 4.78 is 92.4. The molecular weight excluding hydrogens is 557 g/mol. The van der Waals surface area contributed by atoms with Crippen LogP contribution in [0, 0.1) is 17.8 Å². The molecule has 2 aliphatic rings. The summed E-state index contributed by atoms with van der Waals surface area (Å²) in [4.78, 5) is 0. The van der Waals surface area contributed by atoms with Crippen molar-refractivity contribution in [3.05, 3.63) is 70.8 Å². The van der Waals surface area contributed by atoms with E-state index in [2.05, 4.69) is 20.8 Å². The molecule has 1 saturated heterocycles. The monoisotopic (exact) mass is 592 g/mol. The highest BCUT2D eigenvalue weighted by Gasteiger charge is 2.53. The maximum Gasteiger partial charge on any atom is 0.416 e. The Morgan fingerprint density at radius 1 is 0.846 bits per heavy atom. The van der Waals surface area contributed by atoms with Crippen LogP contribution in [-0.4, -0.2) is 29.5 Å². The Bertz CT molecular complexity index is 1150. The third-order valence-corrected chi connectivity index (χ3v) is 12.7. The van der Waals surface area contributed by atoms with E-state index in [1.54, 1.807) is 35.6 Å². The molecular formula is C28H35F6N2OPS. The molecule has 1 saturated carbocycles. The number of hydrogen-bond acceptors (Lipinski definition) is 2. The lowest BCUT2D eigenvalue weighted by atomic mass is 9.75. The summed E-state index contributed by atoms with van der Waals surface area (Å²) in [7, 11) is 3.46. The minimum absolute atomic E-state index is 0.146. The van der Waals surface area contributed by atoms with Crippen LogP contribution in [0.25, 0.3) is 0 Å². The normalized spacial score (nSPS) is 28.8. The van der Waals surface area contributed by atoms with E-state index < -0.39 is 42.1 Å². The van der Waals surface area contributed by atoms with Crippen LogP contribution in [0.15, 0.2) is 48.5 Å². The first-order valence-corrected chi connectivity index (χ1v) is 15.8. The van der Waals surface area contributed by atoms with Crippen molar-refractivity contribution in [2.75, 3.05) is 14.1 Å². The van der Waals surface area contributed by atoms with Gasteiger partial charge in [0.1, 0.15) is 0 Å². The van der Waals surface area contributed by atoms with E-state index >= 15 is 0 Å². The van der Waals surface area contributed by atoms with Gasteiger partial charge in [-0.05, 0) is 91.9 Å². The van der Waals surface area contributed by atoms with Crippen LogP contribution in [0.5, 0.6) is 0 Å². The molecule has 1 aliphatic heterocycles. The number of halogens is 6. The van der Waals surface area contributed by atoms with Gasteiger partial charge in [0.2, 0.25) is 6.57 Å². The Morgan fingerprint density at radius 2 is 1.31 bits per heavy atom. The molecule has 2 fully saturated rings. The Kier molecular flexibility index (Phi) is 8.67. The number of alkyl halides is 6. The summed E-state index contributed by atoms with van der Waals surface area (Å²) in [6.45, 7) is 3.41. The van der Waals surface area contributed by atoms with Gasteiger partial charge in [0.15, 0.2) is 0 Å². The first-order chi connectivity index (χ1) is 18.0. The molecule has 0 unspecified atom stereocenters. The quantitative estimate of drug-likeness (QED) is 0.254. The standard InChI is InChI=1S/C28H35F6N2OPS/c1-17(2)23-13-12-18(3)14-24(23)37-38(39)35(4)25(19-8-6-10-21(15-19)27(29,30)31)26(36(38)5)20-9-7-11-22(16-20)28(32,33)34/h6-11,15-18,23-26H,12-14H2,1-5H3/t18-,23+,24-,25-,26-/m0/s1. The van der Waals surface area contributed by atoms with Gasteiger partial charge in [-0.25, -0.2) is 9.34 Å². The van der Waals surface area contributed by atoms with Crippen molar-refractivity contribution in [3.63, 3.8) is 0 Å². The highest BCUT2D eigenvalue weighted by atomic mass is 32.5. The van der Waals surface area contributed by atoms with Crippen molar-refractivity contribution in [2.24, 2.45) is 17.8 Å². The number of hydrogen-bond donors (Lipinski definition) is 0. The SMILES string of the molecule is CC(C)[C@H]1CC[C@H](C)C[C@@H]1OP1(=S)N(C)[C@@H](c2cccc(C(F)(F)F)c2)[C@H](c2cccc(C(F)(F)F)c2)N1C. The van der Waals surface area contributed by atoms with E-state index in [-0.39, 0.29) is 12.0 Å². The molecule has 4 rings (SSSR count). The van der Waals surface area contributed by atoms with Crippen LogP contribution < -0.4 is 0 Å². The van der Waals surface area contributed by atoms with Crippen molar-refractivity contribution in [2.45, 2.75) is 70.6 Å². The lowest BCUT2D eigenvalue weighted by molar-refractivity contribution is -0.138. The van der Waals surface area contributed by atoms with Gasteiger partial charge in [-0.3, -0.25) is 0 Å². The molecule has 3 nitrogen and oxygen atoms in total. The predicted octanol–water partition coefficient (Wildman–Crippen LogP) is 9.09. The molecule has 0 aromatic heterocycles. The lowest BCUT2D eigenvalue weighted by Gasteiger charge is -2.42. The second-order valence-corrected chi connectivity index (χ2v) is 15.1. The smallest absolute Gasteiger partial charge is 0.323 e. The number of likely N-dealkylation sites (N-methyl/N-ethyl adjacent to an activating group) is 2. The van der Waals surface area contributed by atoms with Crippen LogP contribution in [0.2, 0.25) is 0 Å². The van der Waals surface area contributed by atoms with E-state index in [1.165, 1.54) is 12.1 Å². The number of benzene rings is 2. The second kappa shape index (κ2) is 11.1. The van der Waals surface area contributed by atoms with Gasteiger partial charge in [0.05, 0.1) is 29.3 Å². The third-order valence-electron chi connectivity index (χ3n) is 8.25. The fourth-order valence-corrected chi connectivity index (χ4v) is 9.53. The number of nitrogens with zero attached hydrogens (tertiary/aromatic N) is 2. The number of rotatable bonds is 5. The van der Waals surface area contributed by atoms with Crippen molar-refractivity contribution in [1.29, 1.82) is 0 Å². The van der Waals surface area contributed by atoms with Gasteiger partial charge in [-0.2, -0.15) is 26.3 Å². The van der Waals surface area contributed by atoms with E-state index in [0.29, 0.717) is 23.0 Å². The Morgan fingerprint density at radius 3 is 1.72 bits per heavy atom. The largest absolute Gasteiger partial charge is 0.416 e. The summed E-state index contributed by atoms with van der Waals surface area (Å²) in [6.07, 6.45) is -6.40. The highest BCUT2D eigenvalue weighted by Crippen LogP contribution is 2.70. The molecule has 216 valence electrons. The third kappa shape index (κ3) is 6.10. The van der Waals surface area contributed by atoms with Crippen molar-refractivity contribution >= 4 is 18.4 Å². The van der Waals surface area contributed by atoms with Crippen LogP contribution in [0.4, 0.5) is 26.3 Å². The highest BCUT2D eigenvalue weighted by molar-refractivity contribution is 8.10. The molecule has 2 aromatic carbocycles. The Balaban J connectivity index is 1.83. The minimum Gasteiger partial charge on any atom is -0.323 e. The maximum absolute atomic E-state index is 13.7. The van der Waals surface area contributed by atoms with Crippen LogP contribution in [-0.2, 0) is 28.7 Å². The summed E-state index contributed by atoms with van der Waals surface area (Å²) >= 11 is 6.23. The molecule has 2 aromatic rings. The fourth-order valence-electron chi connectivity index (χ4n) is 6.10. The van der Waals surface area contributed by atoms with Gasteiger partial charge in [0.25, 0.3) is 0 Å². The fraction of sp³-hybridized carbons (Fsp3) is 0.571. The van der Waals surface area contributed by atoms with Gasteiger partial charge < -0.3 is 4.52 Å². The minimum atomic E-state index is -4.57. The van der Waals surface area contributed by atoms with Crippen molar-refractivity contribution < 1.29 is 30.9 Å². The van der Waals surface area contributed by atoms with E-state index in [1.807, 2.05) is 0 Å². The predicted molar refractivity (Wildman–Crippen MR) is 144 cm³/mol. The Labute approximate surface area is 231 Å². The summed E-state index contributed by atoms with van der Waals surface area (Å²) in [5.74, 6) is 1.05. The Hall–Kier alpha value is -1.45. The zero-order chi connectivity index (χ0) is 28.9. The summed E-state index contributed by atoms with van der Waals surface area (Å²) in [5, 5.41) is 0. The van der Waals surface area contributed by atoms with Crippen LogP contribution >= 0.6 is 6.57 Å². The second-order valence-electron chi connectivity index (χ2n) is 11.2. The first-order valence-electron chi connectivity index (χ1n) is 13.1. The van der Waals surface area contributed by atoms with Gasteiger partial charge >= 0.3 is 12.4 Å². The molecule has 0 bridgehead atoms. The van der Waals surface area contributed by atoms with Gasteiger partial charge in [-0.1, -0.05) is 51.5 Å². The molecule has 0 N–H and O–H groups in total. The topological polar surface area (TPSA) is 15.7 Å². The molecule has 0 amide bonds. The van der Waals surface area contributed by atoms with E-state index in [9.17, 15) is 26.3 Å². The maximum atomic E-state index is 13.7. The van der Waals surface area contributed by atoms with Crippen LogP contribution in [0.3, 0.4) is 0 Å². The zero-order valence-electron chi connectivity index (χ0n) is 22.6. The molecule has 11 heteroatoms. The molecule has 0 radical (unpaired) electrons. The molecule has 0 spiro atoms. The zero-order valence-corrected chi connectivity index (χ0v) is 24.3. The molecule has 1 heterocycles. The van der Waals surface area contributed by atoms with Crippen molar-refractivity contribution in [3.8, 4) is 0 Å². The van der Waals surface area contributed by atoms with Crippen molar-refractivity contribution in [1.82, 2.24) is 9.34 Å². The van der Waals surface area contributed by atoms with Gasteiger partial charge in [0, 0.05) is 0 Å². The van der Waals surface area contributed by atoms with Crippen LogP contribution in [0.1, 0.15) is 74.4 Å². The molecule has 39 heavy (non-hydrogen) atoms. The average Bonchev–Trinajstić information content (AvgIpc) is 3.04. The average molecular weight is 593 g/mol. The van der Waals surface area contributed by atoms with E-state index in [4.69, 9.17) is 16.3 Å².